The predicted octanol–water partition coefficient (Wildman–Crippen LogP) is 2.68. The molecule has 0 aliphatic carbocycles. The summed E-state index contributed by atoms with van der Waals surface area (Å²) in [6.45, 7) is 1.41. The highest BCUT2D eigenvalue weighted by Crippen LogP contribution is 2.24. The Balaban J connectivity index is 1.77. The van der Waals surface area contributed by atoms with Crippen molar-refractivity contribution in [3.8, 4) is 0 Å². The molecule has 22 heavy (non-hydrogen) atoms. The summed E-state index contributed by atoms with van der Waals surface area (Å²) in [6.07, 6.45) is 2.48. The van der Waals surface area contributed by atoms with E-state index in [-0.39, 0.29) is 23.7 Å². The quantitative estimate of drug-likeness (QED) is 0.916. The summed E-state index contributed by atoms with van der Waals surface area (Å²) >= 11 is 0. The number of H-pyrrole nitrogens is 1. The number of halogens is 2. The fraction of sp³-hybridized carbons (Fsp3) is 0.438. The van der Waals surface area contributed by atoms with Crippen LogP contribution in [0.3, 0.4) is 0 Å². The molecular weight excluding hydrogens is 290 g/mol. The maximum Gasteiger partial charge on any atom is 0.270 e. The molecule has 2 heterocycles. The van der Waals surface area contributed by atoms with Crippen LogP contribution in [0.2, 0.25) is 0 Å². The molecule has 1 fully saturated rings. The van der Waals surface area contributed by atoms with Crippen molar-refractivity contribution in [2.45, 2.75) is 19.3 Å². The lowest BCUT2D eigenvalue weighted by Gasteiger charge is -2.31. The monoisotopic (exact) mass is 308 g/mol. The molecule has 1 amide bonds. The minimum Gasteiger partial charge on any atom is -0.396 e. The second-order valence-corrected chi connectivity index (χ2v) is 5.78. The molecular formula is C16H18F2N2O2. The number of nitrogens with one attached hydrogen (secondary N) is 1. The number of hydrogen-bond donors (Lipinski definition) is 2. The van der Waals surface area contributed by atoms with Gasteiger partial charge >= 0.3 is 0 Å². The van der Waals surface area contributed by atoms with E-state index in [0.717, 1.165) is 25.3 Å². The van der Waals surface area contributed by atoms with Crippen LogP contribution in [0.1, 0.15) is 29.8 Å². The smallest absolute Gasteiger partial charge is 0.270 e. The van der Waals surface area contributed by atoms with E-state index < -0.39 is 11.6 Å². The highest BCUT2D eigenvalue weighted by molar-refractivity contribution is 5.98. The van der Waals surface area contributed by atoms with Gasteiger partial charge in [-0.1, -0.05) is 0 Å². The Hall–Kier alpha value is -1.95. The van der Waals surface area contributed by atoms with Crippen LogP contribution in [0.4, 0.5) is 8.78 Å². The Morgan fingerprint density at radius 1 is 1.27 bits per heavy atom. The van der Waals surface area contributed by atoms with Gasteiger partial charge in [-0.25, -0.2) is 8.78 Å². The van der Waals surface area contributed by atoms with Gasteiger partial charge in [-0.3, -0.25) is 4.79 Å². The van der Waals surface area contributed by atoms with Gasteiger partial charge in [0.1, 0.15) is 17.3 Å². The predicted molar refractivity (Wildman–Crippen MR) is 78.5 cm³/mol. The maximum atomic E-state index is 13.7. The molecule has 1 aromatic heterocycles. The number of nitrogens with zero attached hydrogens (tertiary/aromatic N) is 1. The molecule has 3 rings (SSSR count). The molecule has 2 aromatic rings. The van der Waals surface area contributed by atoms with E-state index in [2.05, 4.69) is 4.98 Å². The van der Waals surface area contributed by atoms with E-state index >= 15 is 0 Å². The Labute approximate surface area is 126 Å². The number of aromatic nitrogens is 1. The lowest BCUT2D eigenvalue weighted by atomic mass is 9.94. The molecule has 1 aromatic carbocycles. The van der Waals surface area contributed by atoms with Crippen LogP contribution in [0, 0.1) is 17.6 Å². The molecule has 6 heteroatoms. The third-order valence-electron chi connectivity index (χ3n) is 4.31. The Morgan fingerprint density at radius 3 is 2.68 bits per heavy atom. The number of rotatable bonds is 3. The summed E-state index contributed by atoms with van der Waals surface area (Å²) in [5.74, 6) is -1.11. The molecule has 0 unspecified atom stereocenters. The fourth-order valence-corrected chi connectivity index (χ4v) is 3.06. The highest BCUT2D eigenvalue weighted by atomic mass is 19.1. The van der Waals surface area contributed by atoms with Crippen LogP contribution in [0.15, 0.2) is 18.2 Å². The fourth-order valence-electron chi connectivity index (χ4n) is 3.06. The number of hydrogen-bond acceptors (Lipinski definition) is 2. The number of aliphatic hydroxyl groups is 1. The number of carbonyl (C=O) groups excluding carboxylic acids is 1. The summed E-state index contributed by atoms with van der Waals surface area (Å²) in [5.41, 5.74) is 0.431. The summed E-state index contributed by atoms with van der Waals surface area (Å²) in [7, 11) is 0. The topological polar surface area (TPSA) is 56.3 Å². The third-order valence-corrected chi connectivity index (χ3v) is 4.31. The average molecular weight is 308 g/mol. The molecule has 1 aliphatic heterocycles. The highest BCUT2D eigenvalue weighted by Gasteiger charge is 2.24. The number of aliphatic hydroxyl groups excluding tert-OH is 1. The normalized spacial score (nSPS) is 16.4. The lowest BCUT2D eigenvalue weighted by Crippen LogP contribution is -2.38. The van der Waals surface area contributed by atoms with Gasteiger partial charge in [-0.2, -0.15) is 0 Å². The Kier molecular flexibility index (Phi) is 4.11. The molecule has 0 atom stereocenters. The Bertz CT molecular complexity index is 691. The SMILES string of the molecule is O=C(c1cc2cc(F)cc(F)c2[nH]1)N1CCC(CCO)CC1. The van der Waals surface area contributed by atoms with E-state index in [1.165, 1.54) is 12.1 Å². The number of piperidine rings is 1. The van der Waals surface area contributed by atoms with Crippen molar-refractivity contribution >= 4 is 16.8 Å². The van der Waals surface area contributed by atoms with Crippen LogP contribution >= 0.6 is 0 Å². The first-order valence-electron chi connectivity index (χ1n) is 7.46. The van der Waals surface area contributed by atoms with Gasteiger partial charge < -0.3 is 15.0 Å². The van der Waals surface area contributed by atoms with Crippen molar-refractivity contribution in [1.82, 2.24) is 9.88 Å². The van der Waals surface area contributed by atoms with E-state index in [4.69, 9.17) is 5.11 Å². The zero-order valence-electron chi connectivity index (χ0n) is 12.1. The maximum absolute atomic E-state index is 13.7. The molecule has 0 bridgehead atoms. The van der Waals surface area contributed by atoms with Crippen LogP contribution in [0.25, 0.3) is 10.9 Å². The number of likely N-dealkylation sites (tertiary alicyclic amines) is 1. The second-order valence-electron chi connectivity index (χ2n) is 5.78. The van der Waals surface area contributed by atoms with Crippen molar-refractivity contribution in [2.75, 3.05) is 19.7 Å². The molecule has 118 valence electrons. The van der Waals surface area contributed by atoms with Gasteiger partial charge in [-0.05, 0) is 37.3 Å². The van der Waals surface area contributed by atoms with Crippen LogP contribution in [0.5, 0.6) is 0 Å². The standard InChI is InChI=1S/C16H18F2N2O2/c17-12-7-11-8-14(19-15(11)13(18)9-12)16(22)20-4-1-10(2-5-20)3-6-21/h7-10,19,21H,1-6H2. The van der Waals surface area contributed by atoms with E-state index in [1.54, 1.807) is 4.90 Å². The van der Waals surface area contributed by atoms with Crippen molar-refractivity contribution in [3.05, 3.63) is 35.5 Å². The van der Waals surface area contributed by atoms with Gasteiger partial charge in [0.15, 0.2) is 0 Å². The summed E-state index contributed by atoms with van der Waals surface area (Å²) < 4.78 is 26.9. The average Bonchev–Trinajstić information content (AvgIpc) is 2.92. The first-order chi connectivity index (χ1) is 10.6. The first-order valence-corrected chi connectivity index (χ1v) is 7.46. The van der Waals surface area contributed by atoms with Gasteiger partial charge in [0.2, 0.25) is 0 Å². The molecule has 1 aliphatic rings. The lowest BCUT2D eigenvalue weighted by molar-refractivity contribution is 0.0673. The van der Waals surface area contributed by atoms with Crippen molar-refractivity contribution in [3.63, 3.8) is 0 Å². The number of amides is 1. The number of carbonyl (C=O) groups is 1. The zero-order valence-corrected chi connectivity index (χ0v) is 12.1. The van der Waals surface area contributed by atoms with Crippen LogP contribution in [-0.2, 0) is 0 Å². The minimum atomic E-state index is -0.698. The molecule has 0 spiro atoms. The molecule has 0 radical (unpaired) electrons. The summed E-state index contributed by atoms with van der Waals surface area (Å²) in [4.78, 5) is 16.9. The second kappa shape index (κ2) is 6.04. The van der Waals surface area contributed by atoms with Crippen molar-refractivity contribution in [1.29, 1.82) is 0 Å². The van der Waals surface area contributed by atoms with Crippen LogP contribution < -0.4 is 0 Å². The largest absolute Gasteiger partial charge is 0.396 e. The van der Waals surface area contributed by atoms with Gasteiger partial charge in [0, 0.05) is 31.1 Å². The number of benzene rings is 1. The van der Waals surface area contributed by atoms with Crippen LogP contribution in [-0.4, -0.2) is 40.6 Å². The third kappa shape index (κ3) is 2.83. The Morgan fingerprint density at radius 2 is 2.00 bits per heavy atom. The van der Waals surface area contributed by atoms with Crippen molar-refractivity contribution < 1.29 is 18.7 Å². The first kappa shape index (κ1) is 15.0. The summed E-state index contributed by atoms with van der Waals surface area (Å²) in [5, 5.41) is 9.31. The van der Waals surface area contributed by atoms with Gasteiger partial charge in [0.05, 0.1) is 5.52 Å². The summed E-state index contributed by atoms with van der Waals surface area (Å²) in [6, 6.07) is 3.50. The van der Waals surface area contributed by atoms with E-state index in [0.29, 0.717) is 24.4 Å². The van der Waals surface area contributed by atoms with E-state index in [9.17, 15) is 13.6 Å². The van der Waals surface area contributed by atoms with Crippen molar-refractivity contribution in [2.24, 2.45) is 5.92 Å². The molecule has 1 saturated heterocycles. The molecule has 2 N–H and O–H groups in total. The minimum absolute atomic E-state index is 0.153. The zero-order chi connectivity index (χ0) is 15.7. The van der Waals surface area contributed by atoms with Gasteiger partial charge in [-0.15, -0.1) is 0 Å². The number of aromatic amines is 1. The van der Waals surface area contributed by atoms with Gasteiger partial charge in [0.25, 0.3) is 5.91 Å². The number of fused-ring (bicyclic) bond motifs is 1. The molecule has 0 saturated carbocycles. The molecule has 4 nitrogen and oxygen atoms in total. The van der Waals surface area contributed by atoms with E-state index in [1.807, 2.05) is 0 Å².